The number of benzene rings is 2. The molecule has 0 aliphatic heterocycles. The Morgan fingerprint density at radius 1 is 1.13 bits per heavy atom. The summed E-state index contributed by atoms with van der Waals surface area (Å²) in [5, 5.41) is 8.37. The van der Waals surface area contributed by atoms with Crippen molar-refractivity contribution in [3.05, 3.63) is 82.6 Å². The van der Waals surface area contributed by atoms with Crippen LogP contribution in [0.25, 0.3) is 0 Å². The van der Waals surface area contributed by atoms with E-state index in [4.69, 9.17) is 0 Å². The Balaban J connectivity index is 1.92. The Bertz CT molecular complexity index is 965. The van der Waals surface area contributed by atoms with Crippen molar-refractivity contribution in [1.82, 2.24) is 19.8 Å². The largest absolute Gasteiger partial charge is 0.350 e. The minimum absolute atomic E-state index is 0.207. The van der Waals surface area contributed by atoms with Crippen LogP contribution in [-0.4, -0.2) is 32.3 Å². The van der Waals surface area contributed by atoms with Gasteiger partial charge in [-0.2, -0.15) is 0 Å². The van der Waals surface area contributed by atoms with E-state index in [9.17, 15) is 14.0 Å². The van der Waals surface area contributed by atoms with Crippen LogP contribution < -0.4 is 5.32 Å². The van der Waals surface area contributed by atoms with Crippen LogP contribution in [0.3, 0.4) is 0 Å². The summed E-state index contributed by atoms with van der Waals surface area (Å²) in [6, 6.07) is 14.1. The van der Waals surface area contributed by atoms with Gasteiger partial charge in [-0.1, -0.05) is 53.9 Å². The summed E-state index contributed by atoms with van der Waals surface area (Å²) in [5.74, 6) is -0.996. The van der Waals surface area contributed by atoms with Gasteiger partial charge >= 0.3 is 0 Å². The molecule has 0 spiro atoms. The van der Waals surface area contributed by atoms with Gasteiger partial charge in [0.1, 0.15) is 11.9 Å². The highest BCUT2D eigenvalue weighted by molar-refractivity contribution is 7.03. The fraction of sp³-hybridized carbons (Fsp3) is 0.273. The second-order valence-electron chi connectivity index (χ2n) is 6.92. The van der Waals surface area contributed by atoms with Gasteiger partial charge in [0.05, 0.1) is 0 Å². The van der Waals surface area contributed by atoms with E-state index in [2.05, 4.69) is 14.9 Å². The lowest BCUT2D eigenvalue weighted by atomic mass is 10.0. The number of carbonyl (C=O) groups excluding carboxylic acids is 2. The molecule has 1 aromatic heterocycles. The van der Waals surface area contributed by atoms with Crippen LogP contribution in [0, 0.1) is 5.82 Å². The minimum atomic E-state index is -0.837. The molecular weight excluding hydrogens is 403 g/mol. The number of hydrogen-bond donors (Lipinski definition) is 1. The number of halogens is 1. The number of rotatable bonds is 8. The van der Waals surface area contributed by atoms with Gasteiger partial charge in [0.2, 0.25) is 5.91 Å². The SMILES string of the molecule is CC[C@@H](C)N(C(=O)c1csnn1)[C@@H](C(=O)NCc1ccc(F)cc1)c1ccccc1. The average molecular weight is 427 g/mol. The fourth-order valence-corrected chi connectivity index (χ4v) is 3.55. The molecule has 30 heavy (non-hydrogen) atoms. The average Bonchev–Trinajstić information content (AvgIpc) is 3.31. The molecule has 2 atom stereocenters. The Morgan fingerprint density at radius 2 is 1.83 bits per heavy atom. The normalized spacial score (nSPS) is 12.8. The molecule has 0 bridgehead atoms. The highest BCUT2D eigenvalue weighted by Gasteiger charge is 2.35. The summed E-state index contributed by atoms with van der Waals surface area (Å²) < 4.78 is 16.9. The maximum absolute atomic E-state index is 13.3. The van der Waals surface area contributed by atoms with Crippen molar-refractivity contribution in [2.45, 2.75) is 38.9 Å². The first-order valence-corrected chi connectivity index (χ1v) is 10.5. The lowest BCUT2D eigenvalue weighted by Crippen LogP contribution is -2.47. The van der Waals surface area contributed by atoms with Crippen LogP contribution in [0.2, 0.25) is 0 Å². The molecule has 8 heteroatoms. The van der Waals surface area contributed by atoms with Gasteiger partial charge in [0, 0.05) is 18.0 Å². The molecule has 0 radical (unpaired) electrons. The second kappa shape index (κ2) is 10.1. The minimum Gasteiger partial charge on any atom is -0.350 e. The summed E-state index contributed by atoms with van der Waals surface area (Å²) in [7, 11) is 0. The molecular formula is C22H23FN4O2S. The second-order valence-corrected chi connectivity index (χ2v) is 7.53. The zero-order valence-electron chi connectivity index (χ0n) is 16.8. The van der Waals surface area contributed by atoms with Crippen molar-refractivity contribution < 1.29 is 14.0 Å². The van der Waals surface area contributed by atoms with E-state index in [1.54, 1.807) is 22.4 Å². The summed E-state index contributed by atoms with van der Waals surface area (Å²) in [6.07, 6.45) is 0.665. The molecule has 0 saturated carbocycles. The van der Waals surface area contributed by atoms with Gasteiger partial charge in [0.15, 0.2) is 5.69 Å². The molecule has 1 heterocycles. The predicted molar refractivity (Wildman–Crippen MR) is 113 cm³/mol. The number of amides is 2. The molecule has 0 aliphatic rings. The molecule has 0 aliphatic carbocycles. The van der Waals surface area contributed by atoms with E-state index in [-0.39, 0.29) is 35.9 Å². The van der Waals surface area contributed by atoms with Gasteiger partial charge in [-0.3, -0.25) is 9.59 Å². The van der Waals surface area contributed by atoms with Gasteiger partial charge < -0.3 is 10.2 Å². The van der Waals surface area contributed by atoms with Crippen LogP contribution in [0.4, 0.5) is 4.39 Å². The van der Waals surface area contributed by atoms with Gasteiger partial charge in [-0.15, -0.1) is 5.10 Å². The first-order chi connectivity index (χ1) is 14.5. The topological polar surface area (TPSA) is 75.2 Å². The molecule has 2 aromatic carbocycles. The van der Waals surface area contributed by atoms with Gasteiger partial charge in [0.25, 0.3) is 5.91 Å². The molecule has 0 saturated heterocycles. The summed E-state index contributed by atoms with van der Waals surface area (Å²) in [4.78, 5) is 28.1. The van der Waals surface area contributed by atoms with E-state index in [1.807, 2.05) is 44.2 Å². The van der Waals surface area contributed by atoms with E-state index in [0.29, 0.717) is 12.0 Å². The number of hydrogen-bond acceptors (Lipinski definition) is 5. The van der Waals surface area contributed by atoms with Crippen molar-refractivity contribution in [3.8, 4) is 0 Å². The first-order valence-electron chi connectivity index (χ1n) is 9.68. The van der Waals surface area contributed by atoms with Crippen molar-refractivity contribution in [3.63, 3.8) is 0 Å². The van der Waals surface area contributed by atoms with Crippen LogP contribution in [0.15, 0.2) is 60.0 Å². The maximum Gasteiger partial charge on any atom is 0.276 e. The van der Waals surface area contributed by atoms with Gasteiger partial charge in [-0.25, -0.2) is 4.39 Å². The van der Waals surface area contributed by atoms with E-state index < -0.39 is 6.04 Å². The third-order valence-electron chi connectivity index (χ3n) is 4.90. The third kappa shape index (κ3) is 5.07. The van der Waals surface area contributed by atoms with Crippen LogP contribution in [0.5, 0.6) is 0 Å². The highest BCUT2D eigenvalue weighted by atomic mass is 32.1. The standard InChI is InChI=1S/C22H23FN4O2S/c1-3-15(2)27(22(29)19-14-30-26-25-19)20(17-7-5-4-6-8-17)21(28)24-13-16-9-11-18(23)12-10-16/h4-12,14-15,20H,3,13H2,1-2H3,(H,24,28)/t15-,20-/m1/s1. The first kappa shape index (κ1) is 21.6. The zero-order valence-corrected chi connectivity index (χ0v) is 17.6. The van der Waals surface area contributed by atoms with Crippen molar-refractivity contribution in [2.75, 3.05) is 0 Å². The van der Waals surface area contributed by atoms with Crippen molar-refractivity contribution in [2.24, 2.45) is 0 Å². The number of nitrogens with one attached hydrogen (secondary N) is 1. The number of nitrogens with zero attached hydrogens (tertiary/aromatic N) is 3. The molecule has 6 nitrogen and oxygen atoms in total. The lowest BCUT2D eigenvalue weighted by Gasteiger charge is -2.35. The molecule has 0 fully saturated rings. The molecule has 156 valence electrons. The molecule has 1 N–H and O–H groups in total. The van der Waals surface area contributed by atoms with E-state index in [1.165, 1.54) is 12.1 Å². The molecule has 3 rings (SSSR count). The van der Waals surface area contributed by atoms with Crippen molar-refractivity contribution in [1.29, 1.82) is 0 Å². The smallest absolute Gasteiger partial charge is 0.276 e. The zero-order chi connectivity index (χ0) is 21.5. The Labute approximate surface area is 178 Å². The number of carbonyl (C=O) groups is 2. The van der Waals surface area contributed by atoms with Crippen LogP contribution in [0.1, 0.15) is 47.9 Å². The van der Waals surface area contributed by atoms with E-state index >= 15 is 0 Å². The quantitative estimate of drug-likeness (QED) is 0.591. The van der Waals surface area contributed by atoms with Crippen molar-refractivity contribution >= 4 is 23.3 Å². The third-order valence-corrected chi connectivity index (χ3v) is 5.41. The predicted octanol–water partition coefficient (Wildman–Crippen LogP) is 3.98. The molecule has 3 aromatic rings. The summed E-state index contributed by atoms with van der Waals surface area (Å²) in [5.41, 5.74) is 1.68. The monoisotopic (exact) mass is 426 g/mol. The maximum atomic E-state index is 13.3. The van der Waals surface area contributed by atoms with Crippen LogP contribution >= 0.6 is 11.5 Å². The van der Waals surface area contributed by atoms with E-state index in [0.717, 1.165) is 17.1 Å². The van der Waals surface area contributed by atoms with Crippen LogP contribution in [-0.2, 0) is 11.3 Å². The molecule has 0 unspecified atom stereocenters. The Hall–Kier alpha value is -3.13. The fourth-order valence-electron chi connectivity index (χ4n) is 3.12. The summed E-state index contributed by atoms with van der Waals surface area (Å²) in [6.45, 7) is 4.09. The summed E-state index contributed by atoms with van der Waals surface area (Å²) >= 11 is 1.09. The Morgan fingerprint density at radius 3 is 2.43 bits per heavy atom. The number of aromatic nitrogens is 2. The Kier molecular flexibility index (Phi) is 7.24. The van der Waals surface area contributed by atoms with Gasteiger partial charge in [-0.05, 0) is 48.1 Å². The lowest BCUT2D eigenvalue weighted by molar-refractivity contribution is -0.126. The highest BCUT2D eigenvalue weighted by Crippen LogP contribution is 2.27. The molecule has 2 amide bonds.